The van der Waals surface area contributed by atoms with Crippen molar-refractivity contribution < 1.29 is 44.5 Å². The van der Waals surface area contributed by atoms with Crippen LogP contribution in [0, 0.1) is 0 Å². The van der Waals surface area contributed by atoms with Gasteiger partial charge in [-0.25, -0.2) is 0 Å². The Hall–Kier alpha value is -0.0100. The molecule has 2 rings (SSSR count). The van der Waals surface area contributed by atoms with Crippen molar-refractivity contribution in [2.24, 2.45) is 0 Å². The zero-order valence-electron chi connectivity index (χ0n) is 17.0. The first-order valence-corrected chi connectivity index (χ1v) is 11.1. The molecular weight excluding hydrogens is 404 g/mol. The van der Waals surface area contributed by atoms with E-state index >= 15 is 0 Å². The molecule has 10 unspecified atom stereocenters. The first-order chi connectivity index (χ1) is 13.8. The van der Waals surface area contributed by atoms with Crippen LogP contribution in [0.25, 0.3) is 0 Å². The molecule has 2 aliphatic heterocycles. The average molecular weight is 441 g/mol. The summed E-state index contributed by atoms with van der Waals surface area (Å²) in [6.45, 7) is 4.18. The molecule has 0 aliphatic carbocycles. The van der Waals surface area contributed by atoms with Gasteiger partial charge in [0, 0.05) is 0 Å². The molecule has 0 aromatic rings. The van der Waals surface area contributed by atoms with Gasteiger partial charge in [0.1, 0.15) is 36.6 Å². The molecule has 172 valence electrons. The van der Waals surface area contributed by atoms with E-state index < -0.39 is 61.4 Å². The summed E-state index contributed by atoms with van der Waals surface area (Å²) in [4.78, 5) is 0. The maximum atomic E-state index is 10.7. The Kier molecular flexibility index (Phi) is 10.6. The fourth-order valence-electron chi connectivity index (χ4n) is 3.70. The lowest BCUT2D eigenvalue weighted by Gasteiger charge is -2.46. The molecule has 10 atom stereocenters. The van der Waals surface area contributed by atoms with E-state index in [0.29, 0.717) is 38.0 Å². The lowest BCUT2D eigenvalue weighted by atomic mass is 9.94. The summed E-state index contributed by atoms with van der Waals surface area (Å²) >= 11 is 4.11. The molecule has 10 heteroatoms. The Morgan fingerprint density at radius 3 is 1.97 bits per heavy atom. The van der Waals surface area contributed by atoms with Crippen LogP contribution in [0.5, 0.6) is 0 Å². The maximum Gasteiger partial charge on any atom is 0.187 e. The standard InChI is InChI=1S/C19H36O9S/c1-3-6-10-12(20)13(21)15(23)19(26-10)28-17-11(7-4-2)27-18(16(24)14(17)22)25-8-5-9-29/h10-24,29H,3-9H2,1-2H3. The van der Waals surface area contributed by atoms with E-state index in [1.807, 2.05) is 13.8 Å². The number of aliphatic hydroxyl groups excluding tert-OH is 5. The van der Waals surface area contributed by atoms with Crippen molar-refractivity contribution in [2.45, 2.75) is 107 Å². The monoisotopic (exact) mass is 440 g/mol. The van der Waals surface area contributed by atoms with Gasteiger partial charge in [0.05, 0.1) is 18.8 Å². The highest BCUT2D eigenvalue weighted by Crippen LogP contribution is 2.32. The highest BCUT2D eigenvalue weighted by molar-refractivity contribution is 7.80. The second kappa shape index (κ2) is 12.1. The van der Waals surface area contributed by atoms with Crippen LogP contribution in [0.1, 0.15) is 46.0 Å². The third-order valence-corrected chi connectivity index (χ3v) is 5.65. The summed E-state index contributed by atoms with van der Waals surface area (Å²) < 4.78 is 22.9. The van der Waals surface area contributed by atoms with Crippen molar-refractivity contribution in [2.75, 3.05) is 12.4 Å². The van der Waals surface area contributed by atoms with E-state index in [1.165, 1.54) is 0 Å². The molecule has 29 heavy (non-hydrogen) atoms. The lowest BCUT2D eigenvalue weighted by molar-refractivity contribution is -0.356. The molecule has 9 nitrogen and oxygen atoms in total. The number of aliphatic hydroxyl groups is 5. The Labute approximate surface area is 177 Å². The Morgan fingerprint density at radius 1 is 0.759 bits per heavy atom. The van der Waals surface area contributed by atoms with E-state index in [2.05, 4.69) is 12.6 Å². The summed E-state index contributed by atoms with van der Waals surface area (Å²) in [6.07, 6.45) is -8.39. The minimum atomic E-state index is -1.51. The third-order valence-electron chi connectivity index (χ3n) is 5.33. The van der Waals surface area contributed by atoms with E-state index in [-0.39, 0.29) is 0 Å². The molecule has 2 fully saturated rings. The van der Waals surface area contributed by atoms with Crippen LogP contribution in [-0.2, 0) is 18.9 Å². The highest BCUT2D eigenvalue weighted by atomic mass is 32.1. The van der Waals surface area contributed by atoms with Crippen molar-refractivity contribution in [3.63, 3.8) is 0 Å². The Balaban J connectivity index is 2.10. The lowest BCUT2D eigenvalue weighted by Crippen LogP contribution is -2.63. The molecular formula is C19H36O9S. The average Bonchev–Trinajstić information content (AvgIpc) is 2.70. The zero-order chi connectivity index (χ0) is 21.6. The van der Waals surface area contributed by atoms with Gasteiger partial charge in [-0.3, -0.25) is 0 Å². The molecule has 2 heterocycles. The van der Waals surface area contributed by atoms with Crippen LogP contribution in [0.2, 0.25) is 0 Å². The summed E-state index contributed by atoms with van der Waals surface area (Å²) in [5.41, 5.74) is 0. The van der Waals surface area contributed by atoms with Crippen LogP contribution in [-0.4, -0.2) is 99.3 Å². The van der Waals surface area contributed by atoms with Gasteiger partial charge in [-0.15, -0.1) is 0 Å². The number of hydrogen-bond acceptors (Lipinski definition) is 10. The first-order valence-electron chi connectivity index (χ1n) is 10.4. The van der Waals surface area contributed by atoms with Crippen molar-refractivity contribution in [3.8, 4) is 0 Å². The molecule has 2 aliphatic rings. The van der Waals surface area contributed by atoms with Crippen molar-refractivity contribution in [3.05, 3.63) is 0 Å². The largest absolute Gasteiger partial charge is 0.388 e. The number of thiol groups is 1. The molecule has 5 N–H and O–H groups in total. The van der Waals surface area contributed by atoms with Crippen LogP contribution >= 0.6 is 12.6 Å². The zero-order valence-corrected chi connectivity index (χ0v) is 17.9. The minimum absolute atomic E-state index is 0.329. The fraction of sp³-hybridized carbons (Fsp3) is 1.00. The van der Waals surface area contributed by atoms with E-state index in [4.69, 9.17) is 18.9 Å². The summed E-state index contributed by atoms with van der Waals surface area (Å²) in [5.74, 6) is 0.625. The van der Waals surface area contributed by atoms with Gasteiger partial charge < -0.3 is 44.5 Å². The van der Waals surface area contributed by atoms with Gasteiger partial charge in [-0.2, -0.15) is 12.6 Å². The summed E-state index contributed by atoms with van der Waals surface area (Å²) in [7, 11) is 0. The maximum absolute atomic E-state index is 10.7. The van der Waals surface area contributed by atoms with Gasteiger partial charge in [-0.05, 0) is 25.0 Å². The SMILES string of the molecule is CCCC1OC(OC2C(CCC)OC(OCCCS)C(O)C2O)C(O)C(O)C1O. The van der Waals surface area contributed by atoms with E-state index in [1.54, 1.807) is 0 Å². The molecule has 0 aromatic heterocycles. The second-order valence-corrected chi connectivity index (χ2v) is 8.11. The number of hydrogen-bond donors (Lipinski definition) is 6. The van der Waals surface area contributed by atoms with E-state index in [9.17, 15) is 25.5 Å². The molecule has 2 saturated heterocycles. The van der Waals surface area contributed by atoms with Crippen molar-refractivity contribution in [1.82, 2.24) is 0 Å². The molecule has 0 aromatic carbocycles. The predicted molar refractivity (Wildman–Crippen MR) is 106 cm³/mol. The Morgan fingerprint density at radius 2 is 1.34 bits per heavy atom. The predicted octanol–water partition coefficient (Wildman–Crippen LogP) is -0.437. The van der Waals surface area contributed by atoms with Gasteiger partial charge in [0.15, 0.2) is 12.6 Å². The summed E-state index contributed by atoms with van der Waals surface area (Å²) in [6, 6.07) is 0. The molecule has 0 spiro atoms. The van der Waals surface area contributed by atoms with E-state index in [0.717, 1.165) is 6.42 Å². The molecule has 0 bridgehead atoms. The summed E-state index contributed by atoms with van der Waals surface area (Å²) in [5, 5.41) is 51.7. The number of ether oxygens (including phenoxy) is 4. The third kappa shape index (κ3) is 6.25. The van der Waals surface area contributed by atoms with Crippen LogP contribution in [0.4, 0.5) is 0 Å². The van der Waals surface area contributed by atoms with Gasteiger partial charge in [0.25, 0.3) is 0 Å². The fourth-order valence-corrected chi connectivity index (χ4v) is 3.83. The molecule has 0 saturated carbocycles. The number of rotatable bonds is 10. The van der Waals surface area contributed by atoms with Gasteiger partial charge >= 0.3 is 0 Å². The van der Waals surface area contributed by atoms with Crippen LogP contribution in [0.3, 0.4) is 0 Å². The van der Waals surface area contributed by atoms with Crippen LogP contribution in [0.15, 0.2) is 0 Å². The Bertz CT molecular complexity index is 471. The normalized spacial score (nSPS) is 43.4. The van der Waals surface area contributed by atoms with Gasteiger partial charge in [0.2, 0.25) is 0 Å². The van der Waals surface area contributed by atoms with Gasteiger partial charge in [-0.1, -0.05) is 26.7 Å². The molecule has 0 radical (unpaired) electrons. The topological polar surface area (TPSA) is 138 Å². The van der Waals surface area contributed by atoms with Crippen molar-refractivity contribution >= 4 is 12.6 Å². The smallest absolute Gasteiger partial charge is 0.187 e. The van der Waals surface area contributed by atoms with Crippen molar-refractivity contribution in [1.29, 1.82) is 0 Å². The first kappa shape index (κ1) is 25.3. The quantitative estimate of drug-likeness (QED) is 0.197. The van der Waals surface area contributed by atoms with Crippen LogP contribution < -0.4 is 0 Å². The highest BCUT2D eigenvalue weighted by Gasteiger charge is 2.50. The minimum Gasteiger partial charge on any atom is -0.388 e. The molecule has 0 amide bonds. The second-order valence-electron chi connectivity index (χ2n) is 7.66.